The highest BCUT2D eigenvalue weighted by atomic mass is 16.1. The Bertz CT molecular complexity index is 310. The van der Waals surface area contributed by atoms with Gasteiger partial charge in [0.05, 0.1) is 12.2 Å². The molecule has 0 spiro atoms. The smallest absolute Gasteiger partial charge is 0.235 e. The minimum atomic E-state index is 0.371. The van der Waals surface area contributed by atoms with Crippen molar-refractivity contribution in [1.29, 1.82) is 0 Å². The molecule has 4 heteroatoms. The summed E-state index contributed by atoms with van der Waals surface area (Å²) in [5.41, 5.74) is 0.956. The lowest BCUT2D eigenvalue weighted by molar-refractivity contribution is 0.469. The van der Waals surface area contributed by atoms with E-state index in [1.54, 1.807) is 6.20 Å². The summed E-state index contributed by atoms with van der Waals surface area (Å²) in [6.45, 7) is 5.47. The largest absolute Gasteiger partial charge is 0.267 e. The second-order valence-electron chi connectivity index (χ2n) is 3.31. The van der Waals surface area contributed by atoms with Crippen molar-refractivity contribution < 1.29 is 4.79 Å². The SMILES string of the molecule is CC(C)Cn1nccc1CN=C=O. The van der Waals surface area contributed by atoms with E-state index in [-0.39, 0.29) is 0 Å². The third kappa shape index (κ3) is 2.84. The van der Waals surface area contributed by atoms with Crippen LogP contribution in [0.1, 0.15) is 19.5 Å². The molecular weight excluding hydrogens is 166 g/mol. The van der Waals surface area contributed by atoms with Crippen molar-refractivity contribution in [3.63, 3.8) is 0 Å². The van der Waals surface area contributed by atoms with Gasteiger partial charge in [-0.05, 0) is 12.0 Å². The first-order valence-corrected chi connectivity index (χ1v) is 4.28. The molecule has 0 saturated heterocycles. The summed E-state index contributed by atoms with van der Waals surface area (Å²) in [5, 5.41) is 4.14. The van der Waals surface area contributed by atoms with E-state index in [0.717, 1.165) is 12.2 Å². The summed E-state index contributed by atoms with van der Waals surface area (Å²) in [5.74, 6) is 0.541. The molecule has 13 heavy (non-hydrogen) atoms. The van der Waals surface area contributed by atoms with Gasteiger partial charge in [0.2, 0.25) is 6.08 Å². The van der Waals surface area contributed by atoms with Crippen molar-refractivity contribution in [2.75, 3.05) is 0 Å². The average Bonchev–Trinajstić information content (AvgIpc) is 2.48. The van der Waals surface area contributed by atoms with E-state index < -0.39 is 0 Å². The first-order chi connectivity index (χ1) is 6.24. The second kappa shape index (κ2) is 4.58. The number of carbonyl (C=O) groups excluding carboxylic acids is 1. The van der Waals surface area contributed by atoms with E-state index in [2.05, 4.69) is 23.9 Å². The molecule has 0 unspecified atom stereocenters. The van der Waals surface area contributed by atoms with Crippen molar-refractivity contribution in [3.8, 4) is 0 Å². The first kappa shape index (κ1) is 9.68. The molecule has 0 atom stereocenters. The molecule has 0 N–H and O–H groups in total. The molecule has 1 aromatic rings. The Kier molecular flexibility index (Phi) is 3.41. The van der Waals surface area contributed by atoms with Crippen molar-refractivity contribution in [2.24, 2.45) is 10.9 Å². The molecule has 0 aromatic carbocycles. The van der Waals surface area contributed by atoms with E-state index in [4.69, 9.17) is 0 Å². The third-order valence-corrected chi connectivity index (χ3v) is 1.65. The molecule has 1 heterocycles. The molecule has 0 fully saturated rings. The fourth-order valence-corrected chi connectivity index (χ4v) is 1.12. The normalized spacial score (nSPS) is 10.1. The maximum Gasteiger partial charge on any atom is 0.235 e. The van der Waals surface area contributed by atoms with Crippen molar-refractivity contribution in [1.82, 2.24) is 9.78 Å². The number of aromatic nitrogens is 2. The summed E-state index contributed by atoms with van der Waals surface area (Å²) in [7, 11) is 0. The maximum atomic E-state index is 9.91. The molecule has 0 aliphatic rings. The van der Waals surface area contributed by atoms with Crippen LogP contribution in [0.15, 0.2) is 17.3 Å². The number of hydrogen-bond acceptors (Lipinski definition) is 3. The van der Waals surface area contributed by atoms with E-state index in [9.17, 15) is 4.79 Å². The minimum absolute atomic E-state index is 0.371. The molecule has 0 aliphatic heterocycles. The van der Waals surface area contributed by atoms with E-state index in [1.165, 1.54) is 6.08 Å². The number of rotatable bonds is 4. The van der Waals surface area contributed by atoms with Crippen LogP contribution in [0.2, 0.25) is 0 Å². The molecule has 70 valence electrons. The lowest BCUT2D eigenvalue weighted by Crippen LogP contribution is -2.09. The Hall–Kier alpha value is -1.41. The molecule has 0 saturated carbocycles. The van der Waals surface area contributed by atoms with Crippen molar-refractivity contribution >= 4 is 6.08 Å². The Balaban J connectivity index is 2.70. The monoisotopic (exact) mass is 179 g/mol. The molecule has 0 bridgehead atoms. The Morgan fingerprint density at radius 1 is 1.69 bits per heavy atom. The zero-order valence-corrected chi connectivity index (χ0v) is 7.90. The van der Waals surface area contributed by atoms with Gasteiger partial charge in [0, 0.05) is 12.7 Å². The van der Waals surface area contributed by atoms with Crippen LogP contribution in [0.5, 0.6) is 0 Å². The Labute approximate surface area is 77.3 Å². The predicted molar refractivity (Wildman–Crippen MR) is 48.9 cm³/mol. The van der Waals surface area contributed by atoms with Crippen LogP contribution in [0.25, 0.3) is 0 Å². The summed E-state index contributed by atoms with van der Waals surface area (Å²) >= 11 is 0. The van der Waals surface area contributed by atoms with Crippen LogP contribution in [-0.4, -0.2) is 15.9 Å². The second-order valence-corrected chi connectivity index (χ2v) is 3.31. The molecular formula is C9H13N3O. The minimum Gasteiger partial charge on any atom is -0.267 e. The summed E-state index contributed by atoms with van der Waals surface area (Å²) in [4.78, 5) is 13.4. The molecule has 1 rings (SSSR count). The average molecular weight is 179 g/mol. The predicted octanol–water partition coefficient (Wildman–Crippen LogP) is 1.37. The highest BCUT2D eigenvalue weighted by Gasteiger charge is 2.02. The topological polar surface area (TPSA) is 47.2 Å². The zero-order valence-electron chi connectivity index (χ0n) is 7.90. The zero-order chi connectivity index (χ0) is 9.68. The van der Waals surface area contributed by atoms with Gasteiger partial charge in [-0.15, -0.1) is 0 Å². The first-order valence-electron chi connectivity index (χ1n) is 4.28. The maximum absolute atomic E-state index is 9.91. The quantitative estimate of drug-likeness (QED) is 0.517. The van der Waals surface area contributed by atoms with Crippen LogP contribution in [0.4, 0.5) is 0 Å². The Morgan fingerprint density at radius 2 is 2.46 bits per heavy atom. The van der Waals surface area contributed by atoms with Gasteiger partial charge in [0.15, 0.2) is 0 Å². The molecule has 1 aromatic heterocycles. The molecule has 0 radical (unpaired) electrons. The van der Waals surface area contributed by atoms with Gasteiger partial charge in [0.1, 0.15) is 0 Å². The standard InChI is InChI=1S/C9H13N3O/c1-8(2)6-12-9(3-4-11-12)5-10-7-13/h3-4,8H,5-6H2,1-2H3. The van der Waals surface area contributed by atoms with Crippen LogP contribution in [0, 0.1) is 5.92 Å². The van der Waals surface area contributed by atoms with Gasteiger partial charge in [-0.1, -0.05) is 13.8 Å². The van der Waals surface area contributed by atoms with Crippen molar-refractivity contribution in [3.05, 3.63) is 18.0 Å². The van der Waals surface area contributed by atoms with Crippen LogP contribution < -0.4 is 0 Å². The van der Waals surface area contributed by atoms with Gasteiger partial charge in [-0.25, -0.2) is 4.79 Å². The van der Waals surface area contributed by atoms with Gasteiger partial charge in [0.25, 0.3) is 0 Å². The number of isocyanates is 1. The lowest BCUT2D eigenvalue weighted by Gasteiger charge is -2.07. The summed E-state index contributed by atoms with van der Waals surface area (Å²) in [6, 6.07) is 1.86. The van der Waals surface area contributed by atoms with Gasteiger partial charge >= 0.3 is 0 Å². The lowest BCUT2D eigenvalue weighted by atomic mass is 10.2. The fourth-order valence-electron chi connectivity index (χ4n) is 1.12. The number of nitrogens with zero attached hydrogens (tertiary/aromatic N) is 3. The highest BCUT2D eigenvalue weighted by molar-refractivity contribution is 5.33. The number of aliphatic imine (C=N–C) groups is 1. The summed E-state index contributed by atoms with van der Waals surface area (Å²) < 4.78 is 1.87. The third-order valence-electron chi connectivity index (χ3n) is 1.65. The van der Waals surface area contributed by atoms with Gasteiger partial charge in [-0.2, -0.15) is 10.1 Å². The van der Waals surface area contributed by atoms with Crippen molar-refractivity contribution in [2.45, 2.75) is 26.9 Å². The van der Waals surface area contributed by atoms with Crippen LogP contribution in [0.3, 0.4) is 0 Å². The van der Waals surface area contributed by atoms with Gasteiger partial charge in [-0.3, -0.25) is 4.68 Å². The van der Waals surface area contributed by atoms with Crippen LogP contribution in [-0.2, 0) is 17.9 Å². The highest BCUT2D eigenvalue weighted by Crippen LogP contribution is 2.04. The molecule has 4 nitrogen and oxygen atoms in total. The number of hydrogen-bond donors (Lipinski definition) is 0. The molecule has 0 aliphatic carbocycles. The van der Waals surface area contributed by atoms with Gasteiger partial charge < -0.3 is 0 Å². The van der Waals surface area contributed by atoms with E-state index in [1.807, 2.05) is 10.7 Å². The summed E-state index contributed by atoms with van der Waals surface area (Å²) in [6.07, 6.45) is 3.24. The fraction of sp³-hybridized carbons (Fsp3) is 0.556. The van der Waals surface area contributed by atoms with Crippen LogP contribution >= 0.6 is 0 Å². The Morgan fingerprint density at radius 3 is 3.08 bits per heavy atom. The molecule has 0 amide bonds. The van der Waals surface area contributed by atoms with E-state index in [0.29, 0.717) is 12.5 Å². The van der Waals surface area contributed by atoms with E-state index >= 15 is 0 Å².